The minimum atomic E-state index is -0.300. The molecule has 16 aromatic rings. The molecule has 25 rings (SSSR count). The van der Waals surface area contributed by atoms with Crippen molar-refractivity contribution in [3.63, 3.8) is 0 Å². The maximum Gasteiger partial charge on any atom is 0.323 e. The van der Waals surface area contributed by atoms with Crippen molar-refractivity contribution in [3.05, 3.63) is 322 Å². The first-order chi connectivity index (χ1) is 71.5. The van der Waals surface area contributed by atoms with E-state index in [1.54, 1.807) is 104 Å². The number of carbonyl (C=O) groups is 4. The average Bonchev–Trinajstić information content (AvgIpc) is 1.63. The van der Waals surface area contributed by atoms with Crippen molar-refractivity contribution < 1.29 is 28.0 Å². The lowest BCUT2D eigenvalue weighted by molar-refractivity contribution is -0.119. The van der Waals surface area contributed by atoms with Gasteiger partial charge in [0.05, 0.1) is 83.1 Å². The minimum Gasteiger partial charge on any atom is -0.367 e. The van der Waals surface area contributed by atoms with Gasteiger partial charge in [-0.05, 0) is 216 Å². The number of benzene rings is 4. The highest BCUT2D eigenvalue weighted by atomic mass is 35.5. The van der Waals surface area contributed by atoms with Crippen LogP contribution in [0.25, 0.3) is 65.2 Å². The number of allylic oxidation sites excluding steroid dienone is 4. The number of nitrogens with zero attached hydrogens (tertiary/aromatic N) is 16. The molecule has 4 saturated heterocycles. The fourth-order valence-electron chi connectivity index (χ4n) is 16.6. The highest BCUT2D eigenvalue weighted by Crippen LogP contribution is 2.39. The number of H-pyrrole nitrogens is 2. The molecule has 4 aliphatic heterocycles. The first-order valence-electron chi connectivity index (χ1n) is 48.0. The molecule has 5 saturated carbocycles. The Morgan fingerprint density at radius 1 is 0.351 bits per heavy atom. The Labute approximate surface area is 858 Å². The van der Waals surface area contributed by atoms with Crippen LogP contribution >= 0.6 is 34.8 Å². The molecule has 9 aliphatic rings. The Bertz CT molecular complexity index is 8480. The number of imidazole rings is 1. The second-order valence-corrected chi connectivity index (χ2v) is 38.6. The molecule has 0 radical (unpaired) electrons. The number of carbonyl (C=O) groups excluding carboxylic acids is 4. The van der Waals surface area contributed by atoms with Gasteiger partial charge >= 0.3 is 5.69 Å². The number of nitrogens with one attached hydrogen (secondary N) is 16. The summed E-state index contributed by atoms with van der Waals surface area (Å²) in [6.07, 6.45) is 32.1. The fourth-order valence-corrected chi connectivity index (χ4v) is 17.1. The van der Waals surface area contributed by atoms with Crippen molar-refractivity contribution in [2.24, 2.45) is 0 Å². The topological polar surface area (TPSA) is 449 Å². The zero-order valence-electron chi connectivity index (χ0n) is 80.3. The number of hydrogen-bond donors (Lipinski definition) is 16. The molecule has 12 aromatic heterocycles. The van der Waals surface area contributed by atoms with E-state index in [1.807, 2.05) is 116 Å². The summed E-state index contributed by atoms with van der Waals surface area (Å²) in [5, 5.41) is 70.2. The van der Waals surface area contributed by atoms with E-state index in [-0.39, 0.29) is 53.8 Å². The Morgan fingerprint density at radius 3 is 1.07 bits per heavy atom. The van der Waals surface area contributed by atoms with E-state index in [1.165, 1.54) is 12.1 Å². The first-order valence-corrected chi connectivity index (χ1v) is 49.2. The van der Waals surface area contributed by atoms with E-state index < -0.39 is 0 Å². The summed E-state index contributed by atoms with van der Waals surface area (Å²) in [6, 6.07) is 38.3. The standard InChI is InChI=1S/2C22H21FN6O.C21H20ClN7O.C21H19ClN6O.C20H18ClN7O/c1-12-7-17(5-6-18(12)23)26-19-10-20(27-16-3-4-16)29-22(28-19)15(11-24-29)8-14-9-21(30)25-13(14)2;1-12-17(23)4-3-5-18(12)27-19-10-20(26-16-6-7-16)29-22(28-19)15(11-24-29)8-14-9-21(30)25-13(14)2;1-11-3-4-14(22)8-16(11)26-18-9-19(25-15-5-6-15)29-20(28-18)13(10-23-29)7-17-12(2)24-21(30)27-17;1-12-13(9-20(29)24-12)8-14-11-23-28-19(25-15-6-7-15)10-18(27-21(14)28)26-17-5-3-2-4-16(17)22;1-11-12(7-19(29)24-11)6-13-9-23-28-18(25-15-3-4-15)8-17(27-20(13)28)26-16-5-2-14(21)10-22-16/h5-8,10-11,16,27H,2-4,9H2,1H3,(H,25,30)(H,26,28);3-5,8,10-11,16,26H,2,6-7,9H2,1H3,(H,25,30)(H,27,28);3-4,7-10,15,25H,2,5-6H2,1H3,(H,26,28)(H2,24,27,30);2-5,8,10-11,15,25H,1,6-7,9H2,(H,24,29)(H,26,27);2,5-6,8-10,15,25H,1,3-4,7H2,(H,24,29)(H,22,26,27)/b2*14-8+;17-7-;13-8+;12-6+. The highest BCUT2D eigenvalue weighted by Gasteiger charge is 2.32. The van der Waals surface area contributed by atoms with Crippen LogP contribution in [-0.4, -0.2) is 142 Å². The number of hydrogen-bond acceptors (Lipinski definition) is 26. The van der Waals surface area contributed by atoms with Crippen LogP contribution in [-0.2, 0) is 19.2 Å². The van der Waals surface area contributed by atoms with E-state index in [0.29, 0.717) is 172 Å². The van der Waals surface area contributed by atoms with Crippen LogP contribution in [0.2, 0.25) is 15.1 Å². The number of aromatic nitrogens is 18. The van der Waals surface area contributed by atoms with Crippen LogP contribution in [0.15, 0.2) is 235 Å². The number of amides is 4. The van der Waals surface area contributed by atoms with E-state index >= 15 is 0 Å². The van der Waals surface area contributed by atoms with Gasteiger partial charge < -0.3 is 84.4 Å². The van der Waals surface area contributed by atoms with Crippen molar-refractivity contribution >= 4 is 210 Å². The number of rotatable bonds is 25. The molecule has 0 spiro atoms. The van der Waals surface area contributed by atoms with Crippen molar-refractivity contribution in [1.29, 1.82) is 0 Å². The predicted octanol–water partition coefficient (Wildman–Crippen LogP) is 17.7. The van der Waals surface area contributed by atoms with E-state index in [4.69, 9.17) is 59.7 Å². The zero-order valence-corrected chi connectivity index (χ0v) is 82.6. The molecule has 4 amide bonds. The van der Waals surface area contributed by atoms with E-state index in [2.05, 4.69) is 148 Å². The highest BCUT2D eigenvalue weighted by molar-refractivity contribution is 6.33. The summed E-state index contributed by atoms with van der Waals surface area (Å²) in [6.45, 7) is 24.9. The summed E-state index contributed by atoms with van der Waals surface area (Å²) in [7, 11) is 0. The molecule has 5 aliphatic carbocycles. The number of para-hydroxylation sites is 1. The van der Waals surface area contributed by atoms with Crippen LogP contribution in [0.4, 0.5) is 95.5 Å². The maximum absolute atomic E-state index is 14.0. The molecule has 748 valence electrons. The van der Waals surface area contributed by atoms with Gasteiger partial charge in [-0.2, -0.15) is 48.1 Å². The third kappa shape index (κ3) is 22.6. The number of anilines is 15. The quantitative estimate of drug-likeness (QED) is 0.0253. The molecule has 37 nitrogen and oxygen atoms in total. The molecule has 0 atom stereocenters. The molecule has 9 fully saturated rings. The van der Waals surface area contributed by atoms with E-state index in [9.17, 15) is 32.8 Å². The van der Waals surface area contributed by atoms with Gasteiger partial charge in [0, 0.05) is 145 Å². The smallest absolute Gasteiger partial charge is 0.323 e. The third-order valence-electron chi connectivity index (χ3n) is 25.3. The lowest BCUT2D eigenvalue weighted by Gasteiger charge is -2.13. The monoisotopic (exact) mass is 2040 g/mol. The van der Waals surface area contributed by atoms with Gasteiger partial charge in [0.2, 0.25) is 23.6 Å². The Kier molecular flexibility index (Phi) is 26.7. The van der Waals surface area contributed by atoms with Crippen molar-refractivity contribution in [1.82, 2.24) is 109 Å². The predicted molar refractivity (Wildman–Crippen MR) is 573 cm³/mol. The second-order valence-electron chi connectivity index (χ2n) is 37.3. The van der Waals surface area contributed by atoms with Gasteiger partial charge in [0.25, 0.3) is 0 Å². The van der Waals surface area contributed by atoms with Gasteiger partial charge in [-0.25, -0.2) is 43.5 Å². The molecule has 148 heavy (non-hydrogen) atoms. The maximum atomic E-state index is 14.0. The van der Waals surface area contributed by atoms with Crippen LogP contribution in [0.3, 0.4) is 0 Å². The van der Waals surface area contributed by atoms with Crippen molar-refractivity contribution in [3.8, 4) is 0 Å². The first kappa shape index (κ1) is 96.5. The van der Waals surface area contributed by atoms with Gasteiger partial charge in [-0.3, -0.25) is 19.2 Å². The Balaban J connectivity index is 0.000000108. The third-order valence-corrected chi connectivity index (χ3v) is 26.0. The molecule has 16 heterocycles. The fraction of sp³-hybridized carbons (Fsp3) is 0.208. The lowest BCUT2D eigenvalue weighted by Crippen LogP contribution is -2.22. The van der Waals surface area contributed by atoms with Crippen LogP contribution in [0.5, 0.6) is 0 Å². The Morgan fingerprint density at radius 2 is 0.716 bits per heavy atom. The minimum absolute atomic E-state index is 0.0529. The second kappa shape index (κ2) is 40.9. The molecule has 42 heteroatoms. The largest absolute Gasteiger partial charge is 0.367 e. The average molecular weight is 2050 g/mol. The van der Waals surface area contributed by atoms with Gasteiger partial charge in [-0.15, -0.1) is 0 Å². The summed E-state index contributed by atoms with van der Waals surface area (Å²) >= 11 is 18.4. The van der Waals surface area contributed by atoms with Crippen molar-refractivity contribution in [2.45, 2.75) is 141 Å². The Hall–Kier alpha value is -17.6. The van der Waals surface area contributed by atoms with E-state index in [0.717, 1.165) is 166 Å². The summed E-state index contributed by atoms with van der Waals surface area (Å²) in [5.74, 6) is 7.22. The SMILES string of the molecule is C=C1NC(=O)C/C1=C\c1cnn2c(NC3CC3)cc(Nc3ccc(Cl)cn3)nc12.C=C1NC(=O)C/C1=C\c1cnn2c(NC3CC3)cc(Nc3ccc(F)c(C)c3)nc12.C=C1NC(=O)C/C1=C\c1cnn2c(NC3CC3)cc(Nc3cccc(F)c3C)nc12.C=C1NC(=O)C/C1=C\c1cnn2c(NC3CC3)cc(Nc3ccccc3Cl)nc12.C=c1[nH]c(=O)[nH]/c1=C\c1cnn2c(NC3CC3)cc(Nc3cc(Cl)ccc3C)nc12. The summed E-state index contributed by atoms with van der Waals surface area (Å²) in [5.41, 5.74) is 17.9. The van der Waals surface area contributed by atoms with Crippen molar-refractivity contribution in [2.75, 3.05) is 53.2 Å². The molecule has 0 bridgehead atoms. The molecular weight excluding hydrogens is 1950 g/mol. The summed E-state index contributed by atoms with van der Waals surface area (Å²) in [4.78, 5) is 91.5. The molecule has 4 aromatic carbocycles. The number of aryl methyl sites for hydroxylation is 2. The number of pyridine rings is 1. The number of aromatic amines is 2. The normalized spacial score (nSPS) is 17.0. The van der Waals surface area contributed by atoms with Crippen LogP contribution in [0, 0.1) is 32.4 Å². The zero-order chi connectivity index (χ0) is 102. The van der Waals surface area contributed by atoms with Crippen LogP contribution in [0.1, 0.15) is 134 Å². The van der Waals surface area contributed by atoms with Gasteiger partial charge in [0.1, 0.15) is 75.6 Å². The molecule has 0 unspecified atom stereocenters. The lowest BCUT2D eigenvalue weighted by atomic mass is 10.1. The molecular formula is C106H99Cl3F2N32O5. The van der Waals surface area contributed by atoms with Gasteiger partial charge in [0.15, 0.2) is 28.2 Å². The summed E-state index contributed by atoms with van der Waals surface area (Å²) < 4.78 is 36.4. The van der Waals surface area contributed by atoms with Crippen LogP contribution < -0.4 is 90.8 Å². The van der Waals surface area contributed by atoms with Gasteiger partial charge in [-0.1, -0.05) is 92.0 Å². The molecule has 16 N–H and O–H groups in total. The number of halogens is 5. The number of fused-ring (bicyclic) bond motifs is 5.